The van der Waals surface area contributed by atoms with Crippen LogP contribution >= 0.6 is 0 Å². The number of nitrogens with zero attached hydrogens (tertiary/aromatic N) is 2. The van der Waals surface area contributed by atoms with Crippen molar-refractivity contribution >= 4 is 5.82 Å². The molecule has 2 heterocycles. The molecule has 2 aromatic heterocycles. The number of furan rings is 1. The number of aromatic nitrogens is 1. The fourth-order valence-electron chi connectivity index (χ4n) is 2.05. The smallest absolute Gasteiger partial charge is 0.126 e. The molecule has 102 valence electrons. The van der Waals surface area contributed by atoms with E-state index < -0.39 is 0 Å². The largest absolute Gasteiger partial charge is 0.465 e. The normalized spacial score (nSPS) is 10.9. The Bertz CT molecular complexity index is 522. The molecule has 0 saturated heterocycles. The monoisotopic (exact) mass is 259 g/mol. The van der Waals surface area contributed by atoms with Crippen LogP contribution in [-0.2, 0) is 13.1 Å². The Balaban J connectivity index is 1.94. The van der Waals surface area contributed by atoms with Gasteiger partial charge in [0.05, 0.1) is 6.54 Å². The third kappa shape index (κ3) is 4.10. The van der Waals surface area contributed by atoms with Gasteiger partial charge in [0.25, 0.3) is 0 Å². The van der Waals surface area contributed by atoms with Crippen molar-refractivity contribution in [1.82, 2.24) is 9.88 Å². The number of hydrogen-bond donors (Lipinski definition) is 1. The van der Waals surface area contributed by atoms with Crippen molar-refractivity contribution in [3.63, 3.8) is 0 Å². The highest BCUT2D eigenvalue weighted by Crippen LogP contribution is 2.12. The molecule has 0 unspecified atom stereocenters. The third-order valence-electron chi connectivity index (χ3n) is 2.86. The van der Waals surface area contributed by atoms with Gasteiger partial charge in [0.2, 0.25) is 0 Å². The summed E-state index contributed by atoms with van der Waals surface area (Å²) in [5.74, 6) is 2.89. The van der Waals surface area contributed by atoms with Crippen molar-refractivity contribution in [2.24, 2.45) is 0 Å². The topological polar surface area (TPSA) is 41.3 Å². The maximum atomic E-state index is 5.59. The van der Waals surface area contributed by atoms with E-state index in [2.05, 4.69) is 35.2 Å². The van der Waals surface area contributed by atoms with Gasteiger partial charge in [-0.2, -0.15) is 0 Å². The lowest BCUT2D eigenvalue weighted by Gasteiger charge is -2.15. The highest BCUT2D eigenvalue weighted by molar-refractivity contribution is 5.37. The van der Waals surface area contributed by atoms with Crippen molar-refractivity contribution in [2.75, 3.05) is 18.9 Å². The standard InChI is InChI=1S/C15H21N3O/c1-4-16-15-9-13(7-8-17-15)10-18(3)11-14-6-5-12(2)19-14/h5-9H,4,10-11H2,1-3H3,(H,16,17). The Kier molecular flexibility index (Phi) is 4.58. The van der Waals surface area contributed by atoms with Crippen LogP contribution in [0.25, 0.3) is 0 Å². The molecule has 4 heteroatoms. The molecule has 2 rings (SSSR count). The molecule has 0 amide bonds. The van der Waals surface area contributed by atoms with Gasteiger partial charge < -0.3 is 9.73 Å². The number of rotatable bonds is 6. The fraction of sp³-hybridized carbons (Fsp3) is 0.400. The van der Waals surface area contributed by atoms with Crippen molar-refractivity contribution in [2.45, 2.75) is 26.9 Å². The van der Waals surface area contributed by atoms with Gasteiger partial charge in [-0.05, 0) is 50.7 Å². The maximum Gasteiger partial charge on any atom is 0.126 e. The molecule has 0 radical (unpaired) electrons. The second-order valence-corrected chi connectivity index (χ2v) is 4.76. The van der Waals surface area contributed by atoms with E-state index in [1.54, 1.807) is 0 Å². The zero-order valence-electron chi connectivity index (χ0n) is 11.8. The van der Waals surface area contributed by atoms with E-state index in [1.165, 1.54) is 5.56 Å². The van der Waals surface area contributed by atoms with Gasteiger partial charge in [-0.25, -0.2) is 4.98 Å². The minimum absolute atomic E-state index is 0.812. The molecule has 0 spiro atoms. The van der Waals surface area contributed by atoms with Crippen LogP contribution in [0.1, 0.15) is 24.0 Å². The molecule has 0 saturated carbocycles. The lowest BCUT2D eigenvalue weighted by molar-refractivity contribution is 0.285. The summed E-state index contributed by atoms with van der Waals surface area (Å²) < 4.78 is 5.59. The Morgan fingerprint density at radius 2 is 2.11 bits per heavy atom. The lowest BCUT2D eigenvalue weighted by Crippen LogP contribution is -2.17. The van der Waals surface area contributed by atoms with E-state index in [0.717, 1.165) is 37.0 Å². The first-order valence-electron chi connectivity index (χ1n) is 6.60. The Labute approximate surface area is 114 Å². The first-order chi connectivity index (χ1) is 9.17. The summed E-state index contributed by atoms with van der Waals surface area (Å²) in [5, 5.41) is 3.23. The van der Waals surface area contributed by atoms with Gasteiger partial charge in [-0.3, -0.25) is 4.90 Å². The minimum atomic E-state index is 0.812. The zero-order valence-corrected chi connectivity index (χ0v) is 11.8. The molecule has 0 fully saturated rings. The third-order valence-corrected chi connectivity index (χ3v) is 2.86. The highest BCUT2D eigenvalue weighted by atomic mass is 16.3. The van der Waals surface area contributed by atoms with E-state index in [1.807, 2.05) is 31.3 Å². The molecule has 0 aliphatic carbocycles. The van der Waals surface area contributed by atoms with Gasteiger partial charge in [0.15, 0.2) is 0 Å². The molecule has 1 N–H and O–H groups in total. The predicted molar refractivity (Wildman–Crippen MR) is 77.0 cm³/mol. The summed E-state index contributed by atoms with van der Waals surface area (Å²) >= 11 is 0. The second kappa shape index (κ2) is 6.38. The van der Waals surface area contributed by atoms with Crippen LogP contribution in [0.3, 0.4) is 0 Å². The molecule has 19 heavy (non-hydrogen) atoms. The van der Waals surface area contributed by atoms with Crippen LogP contribution in [0.5, 0.6) is 0 Å². The summed E-state index contributed by atoms with van der Waals surface area (Å²) in [4.78, 5) is 6.50. The summed E-state index contributed by atoms with van der Waals surface area (Å²) in [7, 11) is 2.09. The van der Waals surface area contributed by atoms with Crippen molar-refractivity contribution in [1.29, 1.82) is 0 Å². The Hall–Kier alpha value is -1.81. The quantitative estimate of drug-likeness (QED) is 0.865. The SMILES string of the molecule is CCNc1cc(CN(C)Cc2ccc(C)o2)ccn1. The maximum absolute atomic E-state index is 5.59. The van der Waals surface area contributed by atoms with E-state index in [9.17, 15) is 0 Å². The molecule has 0 aliphatic heterocycles. The number of hydrogen-bond acceptors (Lipinski definition) is 4. The lowest BCUT2D eigenvalue weighted by atomic mass is 10.2. The summed E-state index contributed by atoms with van der Waals surface area (Å²) in [6.07, 6.45) is 1.85. The molecule has 2 aromatic rings. The van der Waals surface area contributed by atoms with Crippen LogP contribution in [0.4, 0.5) is 5.82 Å². The molecule has 0 aliphatic rings. The molecular formula is C15H21N3O. The van der Waals surface area contributed by atoms with E-state index in [4.69, 9.17) is 4.42 Å². The van der Waals surface area contributed by atoms with Gasteiger partial charge in [0.1, 0.15) is 17.3 Å². The Morgan fingerprint density at radius 1 is 1.26 bits per heavy atom. The zero-order chi connectivity index (χ0) is 13.7. The number of anilines is 1. The van der Waals surface area contributed by atoms with Crippen molar-refractivity contribution < 1.29 is 4.42 Å². The fourth-order valence-corrected chi connectivity index (χ4v) is 2.05. The van der Waals surface area contributed by atoms with Crippen LogP contribution in [0.2, 0.25) is 0 Å². The van der Waals surface area contributed by atoms with Gasteiger partial charge >= 0.3 is 0 Å². The number of nitrogens with one attached hydrogen (secondary N) is 1. The van der Waals surface area contributed by atoms with Crippen molar-refractivity contribution in [3.05, 3.63) is 47.5 Å². The van der Waals surface area contributed by atoms with E-state index in [0.29, 0.717) is 0 Å². The molecular weight excluding hydrogens is 238 g/mol. The average molecular weight is 259 g/mol. The summed E-state index contributed by atoms with van der Waals surface area (Å²) in [6, 6.07) is 8.17. The first-order valence-corrected chi connectivity index (χ1v) is 6.60. The van der Waals surface area contributed by atoms with Crippen molar-refractivity contribution in [3.8, 4) is 0 Å². The first kappa shape index (κ1) is 13.6. The molecule has 0 atom stereocenters. The Morgan fingerprint density at radius 3 is 2.79 bits per heavy atom. The van der Waals surface area contributed by atoms with Gasteiger partial charge in [-0.1, -0.05) is 0 Å². The average Bonchev–Trinajstić information content (AvgIpc) is 2.75. The second-order valence-electron chi connectivity index (χ2n) is 4.76. The van der Waals surface area contributed by atoms with Gasteiger partial charge in [0, 0.05) is 19.3 Å². The summed E-state index contributed by atoms with van der Waals surface area (Å²) in [6.45, 7) is 6.61. The number of pyridine rings is 1. The minimum Gasteiger partial charge on any atom is -0.465 e. The predicted octanol–water partition coefficient (Wildman–Crippen LogP) is 3.05. The highest BCUT2D eigenvalue weighted by Gasteiger charge is 2.05. The molecule has 0 bridgehead atoms. The van der Waals surface area contributed by atoms with E-state index in [-0.39, 0.29) is 0 Å². The van der Waals surface area contributed by atoms with E-state index >= 15 is 0 Å². The molecule has 0 aromatic carbocycles. The molecule has 4 nitrogen and oxygen atoms in total. The van der Waals surface area contributed by atoms with Crippen LogP contribution < -0.4 is 5.32 Å². The van der Waals surface area contributed by atoms with Crippen LogP contribution in [0.15, 0.2) is 34.9 Å². The van der Waals surface area contributed by atoms with Gasteiger partial charge in [-0.15, -0.1) is 0 Å². The number of aryl methyl sites for hydroxylation is 1. The van der Waals surface area contributed by atoms with Crippen LogP contribution in [-0.4, -0.2) is 23.5 Å². The summed E-state index contributed by atoms with van der Waals surface area (Å²) in [5.41, 5.74) is 1.25. The van der Waals surface area contributed by atoms with Crippen LogP contribution in [0, 0.1) is 6.92 Å².